The number of benzene rings is 1. The van der Waals surface area contributed by atoms with Gasteiger partial charge >= 0.3 is 11.9 Å². The maximum atomic E-state index is 13.2. The number of aliphatic carboxylic acids is 2. The zero-order valence-corrected chi connectivity index (χ0v) is 22.0. The van der Waals surface area contributed by atoms with Crippen LogP contribution in [0.4, 0.5) is 0 Å². The average Bonchev–Trinajstić information content (AvgIpc) is 2.88. The molecule has 0 heterocycles. The fraction of sp³-hybridized carbons (Fsp3) is 0.520. The van der Waals surface area contributed by atoms with Crippen molar-refractivity contribution in [2.24, 2.45) is 17.2 Å². The van der Waals surface area contributed by atoms with Crippen LogP contribution in [-0.4, -0.2) is 81.6 Å². The SMILES string of the molecule is NCCCCC(NC(=O)C(N)Cc1ccc(O)cc1)C(=O)NC(CCC(=O)O)C(=O)NC(CCC(N)=O)C(=O)O. The molecule has 4 unspecified atom stereocenters. The van der Waals surface area contributed by atoms with Crippen molar-refractivity contribution < 1.29 is 44.1 Å². The van der Waals surface area contributed by atoms with Crippen LogP contribution in [0.1, 0.15) is 50.5 Å². The minimum atomic E-state index is -1.51. The van der Waals surface area contributed by atoms with Gasteiger partial charge in [0.15, 0.2) is 0 Å². The number of phenolic OH excluding ortho intramolecular Hbond substituents is 1. The number of aromatic hydroxyl groups is 1. The van der Waals surface area contributed by atoms with E-state index in [4.69, 9.17) is 22.3 Å². The number of nitrogens with two attached hydrogens (primary N) is 3. The van der Waals surface area contributed by atoms with E-state index in [2.05, 4.69) is 16.0 Å². The summed E-state index contributed by atoms with van der Waals surface area (Å²) in [6, 6.07) is 0.876. The number of hydrogen-bond acceptors (Lipinski definition) is 9. The molecule has 15 nitrogen and oxygen atoms in total. The number of amides is 4. The van der Waals surface area contributed by atoms with Crippen LogP contribution in [0.25, 0.3) is 0 Å². The Labute approximate surface area is 230 Å². The summed E-state index contributed by atoms with van der Waals surface area (Å²) >= 11 is 0. The summed E-state index contributed by atoms with van der Waals surface area (Å²) in [4.78, 5) is 72.5. The molecule has 0 saturated carbocycles. The molecule has 0 spiro atoms. The first-order chi connectivity index (χ1) is 18.8. The molecule has 0 aliphatic rings. The Kier molecular flexibility index (Phi) is 14.7. The number of carbonyl (C=O) groups is 6. The predicted octanol–water partition coefficient (Wildman–Crippen LogP) is -1.94. The van der Waals surface area contributed by atoms with E-state index in [1.165, 1.54) is 12.1 Å². The molecule has 0 bridgehead atoms. The molecule has 4 amide bonds. The lowest BCUT2D eigenvalue weighted by Gasteiger charge is -2.25. The van der Waals surface area contributed by atoms with Gasteiger partial charge in [0.25, 0.3) is 0 Å². The fourth-order valence-corrected chi connectivity index (χ4v) is 3.64. The van der Waals surface area contributed by atoms with Crippen molar-refractivity contribution >= 4 is 35.6 Å². The first-order valence-corrected chi connectivity index (χ1v) is 12.7. The topological polar surface area (TPSA) is 277 Å². The predicted molar refractivity (Wildman–Crippen MR) is 141 cm³/mol. The van der Waals surface area contributed by atoms with E-state index in [0.717, 1.165) is 0 Å². The number of hydrogen-bond donors (Lipinski definition) is 9. The van der Waals surface area contributed by atoms with E-state index in [-0.39, 0.29) is 37.9 Å². The average molecular weight is 567 g/mol. The highest BCUT2D eigenvalue weighted by atomic mass is 16.4. The molecule has 1 aromatic rings. The summed E-state index contributed by atoms with van der Waals surface area (Å²) in [5.41, 5.74) is 17.2. The van der Waals surface area contributed by atoms with Gasteiger partial charge in [-0.05, 0) is 62.8 Å². The van der Waals surface area contributed by atoms with Gasteiger partial charge in [0.1, 0.15) is 23.9 Å². The van der Waals surface area contributed by atoms with Gasteiger partial charge in [-0.25, -0.2) is 4.79 Å². The Morgan fingerprint density at radius 2 is 1.27 bits per heavy atom. The van der Waals surface area contributed by atoms with Crippen LogP contribution >= 0.6 is 0 Å². The van der Waals surface area contributed by atoms with Crippen LogP contribution in [0.15, 0.2) is 24.3 Å². The van der Waals surface area contributed by atoms with Gasteiger partial charge in [-0.2, -0.15) is 0 Å². The van der Waals surface area contributed by atoms with Crippen molar-refractivity contribution in [2.45, 2.75) is 75.5 Å². The highest BCUT2D eigenvalue weighted by molar-refractivity contribution is 5.94. The smallest absolute Gasteiger partial charge is 0.326 e. The van der Waals surface area contributed by atoms with E-state index in [1.54, 1.807) is 12.1 Å². The highest BCUT2D eigenvalue weighted by Gasteiger charge is 2.30. The van der Waals surface area contributed by atoms with Crippen molar-refractivity contribution in [3.63, 3.8) is 0 Å². The van der Waals surface area contributed by atoms with E-state index < -0.39 is 66.2 Å². The minimum Gasteiger partial charge on any atom is -0.508 e. The van der Waals surface area contributed by atoms with Crippen molar-refractivity contribution in [3.8, 4) is 5.75 Å². The molecular weight excluding hydrogens is 528 g/mol. The van der Waals surface area contributed by atoms with E-state index in [1.807, 2.05) is 0 Å². The summed E-state index contributed by atoms with van der Waals surface area (Å²) in [7, 11) is 0. The summed E-state index contributed by atoms with van der Waals surface area (Å²) in [5.74, 6) is -5.90. The minimum absolute atomic E-state index is 0.0439. The lowest BCUT2D eigenvalue weighted by atomic mass is 10.0. The molecule has 40 heavy (non-hydrogen) atoms. The second kappa shape index (κ2) is 17.4. The Hall–Kier alpha value is -4.24. The number of primary amides is 1. The van der Waals surface area contributed by atoms with Gasteiger partial charge in [-0.15, -0.1) is 0 Å². The largest absolute Gasteiger partial charge is 0.508 e. The molecule has 0 aliphatic heterocycles. The summed E-state index contributed by atoms with van der Waals surface area (Å²) in [5, 5.41) is 35.0. The molecule has 12 N–H and O–H groups in total. The van der Waals surface area contributed by atoms with E-state index in [0.29, 0.717) is 24.9 Å². The first-order valence-electron chi connectivity index (χ1n) is 12.7. The molecule has 0 aromatic heterocycles. The second-order valence-corrected chi connectivity index (χ2v) is 9.22. The molecule has 1 rings (SSSR count). The van der Waals surface area contributed by atoms with Gasteiger partial charge in [0, 0.05) is 12.8 Å². The van der Waals surface area contributed by atoms with E-state index >= 15 is 0 Å². The maximum absolute atomic E-state index is 13.2. The zero-order chi connectivity index (χ0) is 30.2. The van der Waals surface area contributed by atoms with Gasteiger partial charge < -0.3 is 48.5 Å². The number of unbranched alkanes of at least 4 members (excludes halogenated alkanes) is 1. The van der Waals surface area contributed by atoms with Crippen LogP contribution in [0, 0.1) is 0 Å². The molecule has 0 saturated heterocycles. The van der Waals surface area contributed by atoms with E-state index in [9.17, 15) is 39.0 Å². The monoisotopic (exact) mass is 566 g/mol. The third-order valence-electron chi connectivity index (χ3n) is 5.88. The van der Waals surface area contributed by atoms with Crippen LogP contribution in [0.5, 0.6) is 5.75 Å². The lowest BCUT2D eigenvalue weighted by molar-refractivity contribution is -0.143. The number of carbonyl (C=O) groups excluding carboxylic acids is 4. The molecule has 15 heteroatoms. The molecule has 0 fully saturated rings. The molecular formula is C25H38N6O9. The van der Waals surface area contributed by atoms with Gasteiger partial charge in [0.2, 0.25) is 23.6 Å². The number of rotatable bonds is 19. The molecule has 0 aliphatic carbocycles. The zero-order valence-electron chi connectivity index (χ0n) is 22.0. The van der Waals surface area contributed by atoms with Gasteiger partial charge in [0.05, 0.1) is 6.04 Å². The van der Waals surface area contributed by atoms with Crippen LogP contribution in [0.3, 0.4) is 0 Å². The van der Waals surface area contributed by atoms with Crippen molar-refractivity contribution in [1.82, 2.24) is 16.0 Å². The maximum Gasteiger partial charge on any atom is 0.326 e. The standard InChI is InChI=1S/C25H38N6O9/c26-12-2-1-3-17(29-22(36)16(27)13-14-4-6-15(32)7-5-14)23(37)30-18(9-11-21(34)35)24(38)31-19(25(39)40)8-10-20(28)33/h4-7,16-19,32H,1-3,8-13,26-27H2,(H2,28,33)(H,29,36)(H,30,37)(H,31,38)(H,34,35)(H,39,40). The second-order valence-electron chi connectivity index (χ2n) is 9.22. The molecule has 4 atom stereocenters. The van der Waals surface area contributed by atoms with Crippen molar-refractivity contribution in [3.05, 3.63) is 29.8 Å². The number of carboxylic acids is 2. The van der Waals surface area contributed by atoms with Crippen molar-refractivity contribution in [2.75, 3.05) is 6.54 Å². The Morgan fingerprint density at radius 1 is 0.750 bits per heavy atom. The van der Waals surface area contributed by atoms with Crippen molar-refractivity contribution in [1.29, 1.82) is 0 Å². The number of phenols is 1. The molecule has 0 radical (unpaired) electrons. The van der Waals surface area contributed by atoms with Gasteiger partial charge in [-0.3, -0.25) is 24.0 Å². The van der Waals surface area contributed by atoms with Crippen LogP contribution < -0.4 is 33.2 Å². The summed E-state index contributed by atoms with van der Waals surface area (Å²) < 4.78 is 0. The third kappa shape index (κ3) is 13.0. The summed E-state index contributed by atoms with van der Waals surface area (Å²) in [6.45, 7) is 0.328. The number of carboxylic acid groups (broad SMARTS) is 2. The highest BCUT2D eigenvalue weighted by Crippen LogP contribution is 2.11. The number of nitrogens with one attached hydrogen (secondary N) is 3. The first kappa shape index (κ1) is 33.8. The fourth-order valence-electron chi connectivity index (χ4n) is 3.64. The van der Waals surface area contributed by atoms with Crippen LogP contribution in [0.2, 0.25) is 0 Å². The Bertz CT molecular complexity index is 1030. The lowest BCUT2D eigenvalue weighted by Crippen LogP contribution is -2.57. The molecule has 222 valence electrons. The van der Waals surface area contributed by atoms with Crippen LogP contribution in [-0.2, 0) is 35.2 Å². The third-order valence-corrected chi connectivity index (χ3v) is 5.88. The summed E-state index contributed by atoms with van der Waals surface area (Å²) in [6.07, 6.45) is -0.350. The quantitative estimate of drug-likeness (QED) is 0.0830. The Balaban J connectivity index is 3.01. The van der Waals surface area contributed by atoms with Gasteiger partial charge in [-0.1, -0.05) is 12.1 Å². The molecule has 1 aromatic carbocycles. The Morgan fingerprint density at radius 3 is 1.80 bits per heavy atom. The normalized spacial score (nSPS) is 13.8.